The summed E-state index contributed by atoms with van der Waals surface area (Å²) in [7, 11) is -3.94. The Morgan fingerprint density at radius 1 is 1.03 bits per heavy atom. The molecular formula is C25H24BrClN2O3S. The van der Waals surface area contributed by atoms with Crippen molar-refractivity contribution in [1.82, 2.24) is 9.62 Å². The molecular weight excluding hydrogens is 524 g/mol. The van der Waals surface area contributed by atoms with E-state index in [0.717, 1.165) is 29.3 Å². The molecule has 0 saturated heterocycles. The molecule has 33 heavy (non-hydrogen) atoms. The zero-order valence-electron chi connectivity index (χ0n) is 17.9. The predicted molar refractivity (Wildman–Crippen MR) is 133 cm³/mol. The average Bonchev–Trinajstić information content (AvgIpc) is 2.80. The first-order chi connectivity index (χ1) is 15.8. The van der Waals surface area contributed by atoms with Gasteiger partial charge in [0.05, 0.1) is 17.5 Å². The van der Waals surface area contributed by atoms with Gasteiger partial charge in [0.15, 0.2) is 0 Å². The molecule has 0 aromatic heterocycles. The van der Waals surface area contributed by atoms with E-state index in [-0.39, 0.29) is 29.9 Å². The molecule has 0 spiro atoms. The standard InChI is InChI=1S/C25H24BrClN2O3S/c26-20-12-14-21(15-13-20)33(31,32)29(16-19-7-2-4-10-23(19)27)17-25(30)28-24-11-5-8-18-6-1-3-9-22(18)24/h1-4,6-7,9-10,12-15,24H,5,8,11,16-17H2,(H,28,30)/t24-/m0/s1. The molecule has 0 aliphatic heterocycles. The quantitative estimate of drug-likeness (QED) is 0.426. The fourth-order valence-electron chi connectivity index (χ4n) is 4.10. The van der Waals surface area contributed by atoms with Gasteiger partial charge in [0.2, 0.25) is 15.9 Å². The number of rotatable bonds is 7. The maximum Gasteiger partial charge on any atom is 0.243 e. The predicted octanol–water partition coefficient (Wildman–Crippen LogP) is 5.49. The van der Waals surface area contributed by atoms with E-state index in [0.29, 0.717) is 10.6 Å². The van der Waals surface area contributed by atoms with Gasteiger partial charge in [-0.3, -0.25) is 4.79 Å². The Morgan fingerprint density at radius 3 is 2.48 bits per heavy atom. The second-order valence-corrected chi connectivity index (χ2v) is 11.3. The van der Waals surface area contributed by atoms with Crippen LogP contribution in [-0.4, -0.2) is 25.2 Å². The van der Waals surface area contributed by atoms with Crippen molar-refractivity contribution in [3.63, 3.8) is 0 Å². The third kappa shape index (κ3) is 5.66. The van der Waals surface area contributed by atoms with E-state index in [1.807, 2.05) is 18.2 Å². The molecule has 3 aromatic carbocycles. The van der Waals surface area contributed by atoms with E-state index in [9.17, 15) is 13.2 Å². The number of aryl methyl sites for hydroxylation is 1. The van der Waals surface area contributed by atoms with Crippen LogP contribution in [0.25, 0.3) is 0 Å². The number of hydrogen-bond acceptors (Lipinski definition) is 3. The van der Waals surface area contributed by atoms with Crippen LogP contribution in [0.3, 0.4) is 0 Å². The zero-order valence-corrected chi connectivity index (χ0v) is 21.0. The summed E-state index contributed by atoms with van der Waals surface area (Å²) in [5.41, 5.74) is 2.96. The van der Waals surface area contributed by atoms with Crippen molar-refractivity contribution in [2.24, 2.45) is 0 Å². The molecule has 1 aliphatic carbocycles. The fourth-order valence-corrected chi connectivity index (χ4v) is 5.94. The monoisotopic (exact) mass is 546 g/mol. The molecule has 1 atom stereocenters. The summed E-state index contributed by atoms with van der Waals surface area (Å²) < 4.78 is 28.9. The lowest BCUT2D eigenvalue weighted by molar-refractivity contribution is -0.122. The van der Waals surface area contributed by atoms with E-state index < -0.39 is 10.0 Å². The van der Waals surface area contributed by atoms with Crippen molar-refractivity contribution >= 4 is 43.5 Å². The van der Waals surface area contributed by atoms with Crippen LogP contribution in [0, 0.1) is 0 Å². The summed E-state index contributed by atoms with van der Waals surface area (Å²) in [5, 5.41) is 3.51. The minimum absolute atomic E-state index is 0.00720. The van der Waals surface area contributed by atoms with E-state index >= 15 is 0 Å². The van der Waals surface area contributed by atoms with Crippen molar-refractivity contribution in [2.75, 3.05) is 6.54 Å². The van der Waals surface area contributed by atoms with Gasteiger partial charge in [-0.1, -0.05) is 70.0 Å². The molecule has 0 heterocycles. The summed E-state index contributed by atoms with van der Waals surface area (Å²) in [4.78, 5) is 13.2. The minimum Gasteiger partial charge on any atom is -0.348 e. The largest absolute Gasteiger partial charge is 0.348 e. The van der Waals surface area contributed by atoms with Crippen LogP contribution in [0.15, 0.2) is 82.2 Å². The minimum atomic E-state index is -3.94. The van der Waals surface area contributed by atoms with E-state index in [1.54, 1.807) is 36.4 Å². The molecule has 5 nitrogen and oxygen atoms in total. The van der Waals surface area contributed by atoms with Gasteiger partial charge in [0.25, 0.3) is 0 Å². The van der Waals surface area contributed by atoms with Crippen LogP contribution in [-0.2, 0) is 27.8 Å². The molecule has 0 saturated carbocycles. The molecule has 172 valence electrons. The molecule has 0 bridgehead atoms. The van der Waals surface area contributed by atoms with Crippen molar-refractivity contribution in [1.29, 1.82) is 0 Å². The van der Waals surface area contributed by atoms with Crippen LogP contribution in [0.1, 0.15) is 35.6 Å². The number of halogens is 2. The molecule has 0 fully saturated rings. The van der Waals surface area contributed by atoms with Crippen molar-refractivity contribution < 1.29 is 13.2 Å². The van der Waals surface area contributed by atoms with Gasteiger partial charge >= 0.3 is 0 Å². The van der Waals surface area contributed by atoms with Crippen molar-refractivity contribution in [3.05, 3.63) is 99.0 Å². The maximum absolute atomic E-state index is 13.5. The van der Waals surface area contributed by atoms with Crippen LogP contribution in [0.4, 0.5) is 0 Å². The fraction of sp³-hybridized carbons (Fsp3) is 0.240. The van der Waals surface area contributed by atoms with Gasteiger partial charge in [-0.25, -0.2) is 8.42 Å². The second-order valence-electron chi connectivity index (χ2n) is 8.03. The van der Waals surface area contributed by atoms with Gasteiger partial charge in [-0.05, 0) is 66.3 Å². The van der Waals surface area contributed by atoms with Crippen molar-refractivity contribution in [3.8, 4) is 0 Å². The highest BCUT2D eigenvalue weighted by Crippen LogP contribution is 2.30. The summed E-state index contributed by atoms with van der Waals surface area (Å²) in [6, 6.07) is 21.4. The Kier molecular flexibility index (Phi) is 7.54. The van der Waals surface area contributed by atoms with Gasteiger partial charge < -0.3 is 5.32 Å². The number of nitrogens with one attached hydrogen (secondary N) is 1. The number of fused-ring (bicyclic) bond motifs is 1. The molecule has 0 unspecified atom stereocenters. The molecule has 3 aromatic rings. The third-order valence-corrected chi connectivity index (χ3v) is 8.48. The van der Waals surface area contributed by atoms with Gasteiger partial charge in [-0.2, -0.15) is 4.31 Å². The zero-order chi connectivity index (χ0) is 23.4. The Labute approximate surface area is 207 Å². The maximum atomic E-state index is 13.5. The van der Waals surface area contributed by atoms with Crippen LogP contribution in [0.5, 0.6) is 0 Å². The molecule has 1 amide bonds. The average molecular weight is 548 g/mol. The van der Waals surface area contributed by atoms with Gasteiger partial charge in [-0.15, -0.1) is 0 Å². The number of nitrogens with zero attached hydrogens (tertiary/aromatic N) is 1. The first kappa shape index (κ1) is 24.0. The number of carbonyl (C=O) groups excluding carboxylic acids is 1. The highest BCUT2D eigenvalue weighted by molar-refractivity contribution is 9.10. The number of sulfonamides is 1. The molecule has 8 heteroatoms. The number of amides is 1. The van der Waals surface area contributed by atoms with Gasteiger partial charge in [0.1, 0.15) is 0 Å². The number of benzene rings is 3. The lowest BCUT2D eigenvalue weighted by atomic mass is 9.88. The first-order valence-corrected chi connectivity index (χ1v) is 13.3. The van der Waals surface area contributed by atoms with E-state index in [4.69, 9.17) is 11.6 Å². The Bertz CT molecular complexity index is 1250. The number of carbonyl (C=O) groups is 1. The van der Waals surface area contributed by atoms with Crippen molar-refractivity contribution in [2.45, 2.75) is 36.7 Å². The molecule has 4 rings (SSSR count). The van der Waals surface area contributed by atoms with E-state index in [2.05, 4.69) is 27.3 Å². The number of hydrogen-bond donors (Lipinski definition) is 1. The topological polar surface area (TPSA) is 66.5 Å². The molecule has 1 N–H and O–H groups in total. The normalized spacial score (nSPS) is 15.8. The Hall–Kier alpha value is -2.19. The van der Waals surface area contributed by atoms with Crippen LogP contribution >= 0.6 is 27.5 Å². The summed E-state index contributed by atoms with van der Waals surface area (Å²) >= 11 is 9.64. The van der Waals surface area contributed by atoms with Crippen LogP contribution in [0.2, 0.25) is 5.02 Å². The lowest BCUT2D eigenvalue weighted by Crippen LogP contribution is -2.42. The summed E-state index contributed by atoms with van der Waals surface area (Å²) in [6.07, 6.45) is 2.79. The van der Waals surface area contributed by atoms with Gasteiger partial charge in [0, 0.05) is 16.0 Å². The smallest absolute Gasteiger partial charge is 0.243 e. The summed E-state index contributed by atoms with van der Waals surface area (Å²) in [5.74, 6) is -0.343. The van der Waals surface area contributed by atoms with Crippen LogP contribution < -0.4 is 5.32 Å². The second kappa shape index (κ2) is 10.4. The third-order valence-electron chi connectivity index (χ3n) is 5.78. The first-order valence-electron chi connectivity index (χ1n) is 10.7. The Balaban J connectivity index is 1.59. The highest BCUT2D eigenvalue weighted by atomic mass is 79.9. The molecule has 0 radical (unpaired) electrons. The Morgan fingerprint density at radius 2 is 1.73 bits per heavy atom. The SMILES string of the molecule is O=C(CN(Cc1ccccc1Cl)S(=O)(=O)c1ccc(Br)cc1)N[C@H]1CCCc2ccccc21. The molecule has 1 aliphatic rings. The highest BCUT2D eigenvalue weighted by Gasteiger charge is 2.29. The van der Waals surface area contributed by atoms with E-state index in [1.165, 1.54) is 22.0 Å². The lowest BCUT2D eigenvalue weighted by Gasteiger charge is -2.28. The summed E-state index contributed by atoms with van der Waals surface area (Å²) in [6.45, 7) is -0.310.